The van der Waals surface area contributed by atoms with Gasteiger partial charge in [0.1, 0.15) is 0 Å². The van der Waals surface area contributed by atoms with Crippen LogP contribution in [0.15, 0.2) is 59.4 Å². The Labute approximate surface area is 227 Å². The van der Waals surface area contributed by atoms with Gasteiger partial charge in [-0.15, -0.1) is 0 Å². The molecule has 0 spiro atoms. The fourth-order valence-corrected chi connectivity index (χ4v) is 7.21. The van der Waals surface area contributed by atoms with Crippen molar-refractivity contribution in [1.82, 2.24) is 4.90 Å². The van der Waals surface area contributed by atoms with Crippen molar-refractivity contribution in [2.24, 2.45) is 23.2 Å². The first-order chi connectivity index (χ1) is 18.0. The van der Waals surface area contributed by atoms with E-state index in [9.17, 15) is 14.7 Å². The lowest BCUT2D eigenvalue weighted by atomic mass is 9.61. The summed E-state index contributed by atoms with van der Waals surface area (Å²) in [4.78, 5) is 27.4. The van der Waals surface area contributed by atoms with E-state index in [4.69, 9.17) is 4.74 Å². The van der Waals surface area contributed by atoms with E-state index in [1.807, 2.05) is 6.08 Å². The largest absolute Gasteiger partial charge is 0.512 e. The molecule has 5 heteroatoms. The Morgan fingerprint density at radius 3 is 2.42 bits per heavy atom. The van der Waals surface area contributed by atoms with Gasteiger partial charge < -0.3 is 9.84 Å². The molecule has 0 saturated carbocycles. The van der Waals surface area contributed by atoms with E-state index in [2.05, 4.69) is 46.8 Å². The summed E-state index contributed by atoms with van der Waals surface area (Å²) in [6.07, 6.45) is 13.8. The molecule has 2 aliphatic carbocycles. The summed E-state index contributed by atoms with van der Waals surface area (Å²) in [5.41, 5.74) is 2.87. The van der Waals surface area contributed by atoms with Gasteiger partial charge in [-0.1, -0.05) is 76.3 Å². The normalized spacial score (nSPS) is 28.2. The third kappa shape index (κ3) is 4.79. The fraction of sp³-hybridized carbons (Fsp3) is 0.576. The molecule has 38 heavy (non-hydrogen) atoms. The third-order valence-electron chi connectivity index (χ3n) is 9.49. The summed E-state index contributed by atoms with van der Waals surface area (Å²) in [6, 6.07) is 7.06. The number of carbonyl (C=O) groups is 2. The number of imide groups is 1. The molecule has 1 aromatic rings. The molecule has 5 rings (SSSR count). The number of hydrogen-bond acceptors (Lipinski definition) is 4. The van der Waals surface area contributed by atoms with Crippen LogP contribution in [-0.4, -0.2) is 40.1 Å². The van der Waals surface area contributed by atoms with Crippen LogP contribution in [0.4, 0.5) is 0 Å². The zero-order valence-electron chi connectivity index (χ0n) is 23.6. The number of unbranched alkanes of at least 4 members (excludes halogenated alkanes) is 3. The molecule has 4 aliphatic rings. The molecular weight excluding hydrogens is 474 g/mol. The Morgan fingerprint density at radius 2 is 1.76 bits per heavy atom. The van der Waals surface area contributed by atoms with Gasteiger partial charge >= 0.3 is 0 Å². The summed E-state index contributed by atoms with van der Waals surface area (Å²) in [6.45, 7) is 11.4. The minimum atomic E-state index is -0.339. The van der Waals surface area contributed by atoms with Crippen LogP contribution < -0.4 is 0 Å². The number of aliphatic hydroxyl groups excluding tert-OH is 1. The van der Waals surface area contributed by atoms with Crippen molar-refractivity contribution in [2.45, 2.75) is 91.3 Å². The molecule has 1 saturated heterocycles. The lowest BCUT2D eigenvalue weighted by Gasteiger charge is -2.54. The Kier molecular flexibility index (Phi) is 7.19. The van der Waals surface area contributed by atoms with Crippen molar-refractivity contribution < 1.29 is 19.4 Å². The van der Waals surface area contributed by atoms with Crippen molar-refractivity contribution in [3.05, 3.63) is 70.5 Å². The van der Waals surface area contributed by atoms with Crippen LogP contribution in [0.25, 0.3) is 0 Å². The van der Waals surface area contributed by atoms with E-state index in [-0.39, 0.29) is 46.7 Å². The second-order valence-electron chi connectivity index (χ2n) is 12.9. The predicted octanol–water partition coefficient (Wildman–Crippen LogP) is 7.41. The van der Waals surface area contributed by atoms with Crippen molar-refractivity contribution in [3.8, 4) is 0 Å². The molecule has 1 N–H and O–H groups in total. The van der Waals surface area contributed by atoms with E-state index in [1.165, 1.54) is 36.2 Å². The van der Waals surface area contributed by atoms with Crippen LogP contribution in [0.1, 0.15) is 100 Å². The minimum Gasteiger partial charge on any atom is -0.512 e. The van der Waals surface area contributed by atoms with Crippen molar-refractivity contribution in [3.63, 3.8) is 0 Å². The van der Waals surface area contributed by atoms with Crippen LogP contribution in [0, 0.1) is 23.2 Å². The molecule has 1 aromatic carbocycles. The molecule has 5 nitrogen and oxygen atoms in total. The van der Waals surface area contributed by atoms with E-state index >= 15 is 0 Å². The van der Waals surface area contributed by atoms with Gasteiger partial charge in [-0.25, -0.2) is 0 Å². The van der Waals surface area contributed by atoms with Crippen LogP contribution in [0.3, 0.4) is 0 Å². The molecule has 2 unspecified atom stereocenters. The lowest BCUT2D eigenvalue weighted by molar-refractivity contribution is -0.177. The number of carbonyl (C=O) groups excluding carboxylic acids is 2. The second kappa shape index (κ2) is 10.1. The van der Waals surface area contributed by atoms with Crippen molar-refractivity contribution >= 4 is 11.8 Å². The molecule has 2 aliphatic heterocycles. The number of ether oxygens (including phenoxy) is 1. The fourth-order valence-electron chi connectivity index (χ4n) is 7.21. The quantitative estimate of drug-likeness (QED) is 0.222. The van der Waals surface area contributed by atoms with Crippen LogP contribution in [-0.2, 0) is 4.74 Å². The summed E-state index contributed by atoms with van der Waals surface area (Å²) < 4.78 is 6.71. The Balaban J connectivity index is 1.35. The molecule has 0 bridgehead atoms. The van der Waals surface area contributed by atoms with Gasteiger partial charge in [0.25, 0.3) is 11.8 Å². The smallest absolute Gasteiger partial charge is 0.261 e. The number of fused-ring (bicyclic) bond motifs is 4. The molecule has 1 fully saturated rings. The first kappa shape index (κ1) is 26.9. The molecule has 2 heterocycles. The highest BCUT2D eigenvalue weighted by Gasteiger charge is 2.52. The van der Waals surface area contributed by atoms with Crippen molar-refractivity contribution in [2.75, 3.05) is 6.54 Å². The van der Waals surface area contributed by atoms with Gasteiger partial charge in [0.2, 0.25) is 0 Å². The molecule has 2 amide bonds. The van der Waals surface area contributed by atoms with E-state index in [1.54, 1.807) is 24.3 Å². The monoisotopic (exact) mass is 517 g/mol. The third-order valence-corrected chi connectivity index (χ3v) is 9.49. The average molecular weight is 518 g/mol. The molecule has 204 valence electrons. The zero-order chi connectivity index (χ0) is 27.2. The number of benzene rings is 1. The van der Waals surface area contributed by atoms with Gasteiger partial charge in [-0.05, 0) is 74.1 Å². The maximum absolute atomic E-state index is 13.0. The first-order valence-corrected chi connectivity index (χ1v) is 14.5. The molecule has 4 atom stereocenters. The lowest BCUT2D eigenvalue weighted by Crippen LogP contribution is -2.55. The van der Waals surface area contributed by atoms with E-state index in [0.29, 0.717) is 23.4 Å². The Hall–Kier alpha value is -2.66. The maximum atomic E-state index is 13.0. The highest BCUT2D eigenvalue weighted by atomic mass is 16.5. The molecular formula is C33H43NO4. The van der Waals surface area contributed by atoms with Crippen LogP contribution >= 0.6 is 0 Å². The number of allylic oxidation sites excluding steroid dienone is 3. The van der Waals surface area contributed by atoms with E-state index < -0.39 is 0 Å². The molecule has 0 radical (unpaired) electrons. The minimum absolute atomic E-state index is 0.0276. The highest BCUT2D eigenvalue weighted by molar-refractivity contribution is 6.21. The topological polar surface area (TPSA) is 66.8 Å². The van der Waals surface area contributed by atoms with E-state index in [0.717, 1.165) is 24.8 Å². The van der Waals surface area contributed by atoms with Crippen LogP contribution in [0.2, 0.25) is 0 Å². The molecule has 0 aromatic heterocycles. The highest BCUT2D eigenvalue weighted by Crippen LogP contribution is 2.53. The number of aliphatic hydroxyl groups is 1. The standard InChI is InChI=1S/C33H43NO4/c1-6-7-8-11-16-32(2,3)22-18-27(35)29-25-17-21(14-15-26(25)33(4,5)38-28(29)19-22)20-34-30(36)23-12-9-10-13-24(23)31(34)37/h9-10,12-14,18-19,25-26,28-29,35H,6-8,11,15-17,20H2,1-5H3/t25?,26-,28?,29+/m0/s1. The summed E-state index contributed by atoms with van der Waals surface area (Å²) >= 11 is 0. The van der Waals surface area contributed by atoms with Gasteiger partial charge in [0.05, 0.1) is 35.1 Å². The summed E-state index contributed by atoms with van der Waals surface area (Å²) in [7, 11) is 0. The second-order valence-corrected chi connectivity index (χ2v) is 12.9. The van der Waals surface area contributed by atoms with Gasteiger partial charge in [-0.2, -0.15) is 0 Å². The Bertz CT molecular complexity index is 1170. The van der Waals surface area contributed by atoms with Gasteiger partial charge in [0, 0.05) is 5.92 Å². The summed E-state index contributed by atoms with van der Waals surface area (Å²) in [5, 5.41) is 11.4. The number of nitrogens with zero attached hydrogens (tertiary/aromatic N) is 1. The number of rotatable bonds is 8. The zero-order valence-corrected chi connectivity index (χ0v) is 23.6. The maximum Gasteiger partial charge on any atom is 0.261 e. The number of amides is 2. The summed E-state index contributed by atoms with van der Waals surface area (Å²) in [5.74, 6) is 0.309. The van der Waals surface area contributed by atoms with Crippen molar-refractivity contribution in [1.29, 1.82) is 0 Å². The average Bonchev–Trinajstić information content (AvgIpc) is 3.11. The number of hydrogen-bond donors (Lipinski definition) is 1. The predicted molar refractivity (Wildman–Crippen MR) is 150 cm³/mol. The SMILES string of the molecule is CCCCCCC(C)(C)C1=CC2OC(C)(C)[C@H]3CC=C(CN4C(=O)c5ccccc5C4=O)CC3[C@@H]2C(O)=C1. The first-order valence-electron chi connectivity index (χ1n) is 14.5. The van der Waals surface area contributed by atoms with Gasteiger partial charge in [-0.3, -0.25) is 14.5 Å². The Morgan fingerprint density at radius 1 is 1.08 bits per heavy atom. The van der Waals surface area contributed by atoms with Crippen LogP contribution in [0.5, 0.6) is 0 Å². The van der Waals surface area contributed by atoms with Gasteiger partial charge in [0.15, 0.2) is 0 Å².